The third-order valence-electron chi connectivity index (χ3n) is 15.3. The molecule has 0 unspecified atom stereocenters. The number of amides is 9. The van der Waals surface area contributed by atoms with Crippen molar-refractivity contribution in [2.75, 3.05) is 40.3 Å². The molecule has 10 N–H and O–H groups in total. The first-order chi connectivity index (χ1) is 36.2. The number of nitrogens with zero attached hydrogens (tertiary/aromatic N) is 3. The first-order valence-electron chi connectivity index (χ1n) is 26.9. The topological polar surface area (TPSA) is 293 Å². The Morgan fingerprint density at radius 1 is 0.613 bits per heavy atom. The number of carbonyl (C=O) groups is 7. The third kappa shape index (κ3) is 16.7. The highest BCUT2D eigenvalue weighted by Crippen LogP contribution is 2.44. The Balaban J connectivity index is 0.000000272. The molecular weight excluding hydrogens is 963 g/mol. The van der Waals surface area contributed by atoms with Crippen molar-refractivity contribution in [3.8, 4) is 11.1 Å². The van der Waals surface area contributed by atoms with Gasteiger partial charge in [-0.05, 0) is 118 Å². The molecule has 21 nitrogen and oxygen atoms in total. The number of β-amino-alcohol motifs (C(OH)–C–C–N with tert-alkyl or cyclic N) is 1. The molecule has 0 spiro atoms. The van der Waals surface area contributed by atoms with Gasteiger partial charge in [-0.25, -0.2) is 25.2 Å². The van der Waals surface area contributed by atoms with E-state index >= 15 is 0 Å². The quantitative estimate of drug-likeness (QED) is 0.0757. The molecule has 5 aliphatic rings. The number of hydrazone groups is 2. The second-order valence-electron chi connectivity index (χ2n) is 20.4. The second-order valence-corrected chi connectivity index (χ2v) is 20.4. The van der Waals surface area contributed by atoms with E-state index in [0.717, 1.165) is 73.6 Å². The molecule has 3 saturated carbocycles. The number of urea groups is 2. The number of rotatable bonds is 18. The fraction of sp³-hybridized carbons (Fsp3) is 0.611. The summed E-state index contributed by atoms with van der Waals surface area (Å²) in [5.74, 6) is 0.206. The Morgan fingerprint density at radius 2 is 1.08 bits per heavy atom. The molecule has 0 aromatic heterocycles. The highest BCUT2D eigenvalue weighted by molar-refractivity contribution is 5.89. The van der Waals surface area contributed by atoms with Crippen LogP contribution in [0.4, 0.5) is 14.4 Å². The summed E-state index contributed by atoms with van der Waals surface area (Å²) in [5.41, 5.74) is 9.29. The highest BCUT2D eigenvalue weighted by atomic mass is 16.6. The molecule has 1 heterocycles. The van der Waals surface area contributed by atoms with Gasteiger partial charge >= 0.3 is 18.2 Å². The van der Waals surface area contributed by atoms with Crippen LogP contribution in [0.3, 0.4) is 0 Å². The smallest absolute Gasteiger partial charge is 0.410 e. The number of benzene rings is 2. The van der Waals surface area contributed by atoms with Gasteiger partial charge in [0.15, 0.2) is 0 Å². The molecule has 6 atom stereocenters. The van der Waals surface area contributed by atoms with Crippen LogP contribution in [0.1, 0.15) is 121 Å². The lowest BCUT2D eigenvalue weighted by Gasteiger charge is -2.27. The van der Waals surface area contributed by atoms with Crippen molar-refractivity contribution in [2.24, 2.45) is 39.8 Å². The van der Waals surface area contributed by atoms with E-state index in [4.69, 9.17) is 4.74 Å². The first-order valence-corrected chi connectivity index (χ1v) is 26.9. The van der Waals surface area contributed by atoms with E-state index < -0.39 is 36.2 Å². The zero-order chi connectivity index (χ0) is 53.9. The molecule has 2 aromatic rings. The van der Waals surface area contributed by atoms with Crippen LogP contribution in [0.25, 0.3) is 11.1 Å². The van der Waals surface area contributed by atoms with Crippen molar-refractivity contribution in [2.45, 2.75) is 140 Å². The van der Waals surface area contributed by atoms with E-state index in [0.29, 0.717) is 57.0 Å². The SMILES string of the molecule is CC[C@@H](/C=N\NC(=O)NCC1CCC(C(=O)NC)CC1)NC(=O)[C@@H]1C[C@@H](O)CN1C(=O)OCC1c2ccccc2-c2ccccc21.CC[C@@H](/C=N\NC(=O)NCC1CCC(C(=O)NC)CC1)NC(=O)[C@H]1CC[C@H](O)C1. The molecule has 4 aliphatic carbocycles. The van der Waals surface area contributed by atoms with Crippen molar-refractivity contribution in [3.63, 3.8) is 0 Å². The van der Waals surface area contributed by atoms with Gasteiger partial charge in [0.2, 0.25) is 23.6 Å². The van der Waals surface area contributed by atoms with Crippen molar-refractivity contribution in [3.05, 3.63) is 59.7 Å². The van der Waals surface area contributed by atoms with Gasteiger partial charge in [-0.2, -0.15) is 10.2 Å². The van der Waals surface area contributed by atoms with Crippen molar-refractivity contribution in [1.29, 1.82) is 0 Å². The largest absolute Gasteiger partial charge is 0.448 e. The van der Waals surface area contributed by atoms with Crippen LogP contribution in [-0.2, 0) is 23.9 Å². The van der Waals surface area contributed by atoms with Gasteiger partial charge < -0.3 is 46.9 Å². The van der Waals surface area contributed by atoms with Crippen molar-refractivity contribution in [1.82, 2.24) is 47.7 Å². The lowest BCUT2D eigenvalue weighted by Crippen LogP contribution is -2.49. The molecule has 7 rings (SSSR count). The maximum Gasteiger partial charge on any atom is 0.410 e. The average molecular weight is 1040 g/mol. The monoisotopic (exact) mass is 1040 g/mol. The molecule has 0 bridgehead atoms. The molecule has 1 aliphatic heterocycles. The summed E-state index contributed by atoms with van der Waals surface area (Å²) in [7, 11) is 3.31. The van der Waals surface area contributed by atoms with Gasteiger partial charge in [0, 0.05) is 69.7 Å². The van der Waals surface area contributed by atoms with E-state index in [1.165, 1.54) is 17.3 Å². The van der Waals surface area contributed by atoms with E-state index in [1.54, 1.807) is 14.1 Å². The van der Waals surface area contributed by atoms with Gasteiger partial charge in [0.25, 0.3) is 0 Å². The van der Waals surface area contributed by atoms with Crippen LogP contribution in [0.2, 0.25) is 0 Å². The van der Waals surface area contributed by atoms with Crippen LogP contribution < -0.4 is 42.8 Å². The Labute approximate surface area is 440 Å². The molecule has 75 heavy (non-hydrogen) atoms. The average Bonchev–Trinajstić information content (AvgIpc) is 4.15. The number of aliphatic hydroxyl groups is 2. The molecule has 9 amide bonds. The van der Waals surface area contributed by atoms with E-state index in [2.05, 4.69) is 65.1 Å². The molecule has 2 aromatic carbocycles. The minimum Gasteiger partial charge on any atom is -0.448 e. The summed E-state index contributed by atoms with van der Waals surface area (Å²) < 4.78 is 5.76. The normalized spacial score (nSPS) is 24.9. The van der Waals surface area contributed by atoms with Crippen LogP contribution in [0.5, 0.6) is 0 Å². The standard InChI is InChI=1S/C34H44N6O6.C20H35N5O4/c1-3-23(18-37-39-33(44)36-17-21-12-14-22(15-13-21)31(42)35-2)38-32(43)30-16-24(41)19-40(30)34(45)46-20-29-27-10-6-4-8-25(27)26-9-5-7-11-28(26)29;1-3-16(24-19(28)15-8-9-17(26)10-15)12-23-25-20(29)22-11-13-4-6-14(7-5-13)18(27)21-2/h4-11,18,21-24,29-30,41H,3,12-17,19-20H2,1-2H3,(H,35,42)(H,38,43)(H2,36,39,44);12-17,26H,3-11H2,1-2H3,(H,21,27)(H,24,28)(H2,22,25,29)/b37-18-;23-12-/t21?,22?,23-,24+,30-;13?,14?,15-,16-,17-/m00/s1. The van der Waals surface area contributed by atoms with Crippen molar-refractivity contribution < 1.29 is 48.5 Å². The maximum atomic E-state index is 13.3. The zero-order valence-corrected chi connectivity index (χ0v) is 43.9. The summed E-state index contributed by atoms with van der Waals surface area (Å²) in [6.07, 6.45) is 11.1. The Hall–Kier alpha value is -6.61. The molecule has 410 valence electrons. The summed E-state index contributed by atoms with van der Waals surface area (Å²) >= 11 is 0. The molecule has 1 saturated heterocycles. The summed E-state index contributed by atoms with van der Waals surface area (Å²) in [6.45, 7) is 4.94. The fourth-order valence-electron chi connectivity index (χ4n) is 10.8. The fourth-order valence-corrected chi connectivity index (χ4v) is 10.8. The second kappa shape index (κ2) is 28.9. The van der Waals surface area contributed by atoms with Crippen LogP contribution in [0.15, 0.2) is 58.7 Å². The minimum atomic E-state index is -0.900. The van der Waals surface area contributed by atoms with E-state index in [9.17, 15) is 43.8 Å². The number of likely N-dealkylation sites (tertiary alicyclic amines) is 1. The number of hydrogen-bond acceptors (Lipinski definition) is 12. The summed E-state index contributed by atoms with van der Waals surface area (Å²) in [4.78, 5) is 87.7. The third-order valence-corrected chi connectivity index (χ3v) is 15.3. The predicted octanol–water partition coefficient (Wildman–Crippen LogP) is 3.98. The van der Waals surface area contributed by atoms with Crippen LogP contribution in [-0.4, -0.2) is 140 Å². The van der Waals surface area contributed by atoms with Crippen LogP contribution in [0, 0.1) is 29.6 Å². The number of nitrogens with one attached hydrogen (secondary N) is 8. The number of fused-ring (bicyclic) bond motifs is 3. The minimum absolute atomic E-state index is 0.00514. The number of ether oxygens (including phenoxy) is 1. The summed E-state index contributed by atoms with van der Waals surface area (Å²) in [5, 5.41) is 44.7. The van der Waals surface area contributed by atoms with E-state index in [1.807, 2.05) is 50.2 Å². The Kier molecular flexibility index (Phi) is 22.2. The Bertz CT molecular complexity index is 2270. The lowest BCUT2D eigenvalue weighted by molar-refractivity contribution is -0.126. The molecule has 4 fully saturated rings. The molecule has 0 radical (unpaired) electrons. The Morgan fingerprint density at radius 3 is 1.53 bits per heavy atom. The van der Waals surface area contributed by atoms with Gasteiger partial charge in [0.1, 0.15) is 12.6 Å². The number of carbonyl (C=O) groups excluding carboxylic acids is 7. The van der Waals surface area contributed by atoms with E-state index in [-0.39, 0.29) is 79.1 Å². The maximum absolute atomic E-state index is 13.3. The van der Waals surface area contributed by atoms with Crippen molar-refractivity contribution >= 4 is 54.2 Å². The predicted molar refractivity (Wildman–Crippen MR) is 283 cm³/mol. The molecular formula is C54H79N11O10. The highest BCUT2D eigenvalue weighted by Gasteiger charge is 2.41. The van der Waals surface area contributed by atoms with Gasteiger partial charge in [-0.15, -0.1) is 0 Å². The van der Waals surface area contributed by atoms with Gasteiger partial charge in [0.05, 0.1) is 30.8 Å². The van der Waals surface area contributed by atoms with Gasteiger partial charge in [-0.3, -0.25) is 24.1 Å². The van der Waals surface area contributed by atoms with Crippen LogP contribution >= 0.6 is 0 Å². The lowest BCUT2D eigenvalue weighted by atomic mass is 9.81. The van der Waals surface area contributed by atoms with Gasteiger partial charge in [-0.1, -0.05) is 62.4 Å². The zero-order valence-electron chi connectivity index (χ0n) is 43.9. The number of hydrogen-bond donors (Lipinski definition) is 10. The molecule has 21 heteroatoms. The summed E-state index contributed by atoms with van der Waals surface area (Å²) in [6, 6.07) is 13.6. The number of aliphatic hydroxyl groups excluding tert-OH is 2. The first kappa shape index (κ1) is 57.7.